The zero-order valence-corrected chi connectivity index (χ0v) is 14.5. The second-order valence-corrected chi connectivity index (χ2v) is 5.83. The molecule has 0 saturated heterocycles. The molecule has 0 radical (unpaired) electrons. The molecule has 0 spiro atoms. The van der Waals surface area contributed by atoms with Crippen LogP contribution in [0, 0.1) is 13.8 Å². The fourth-order valence-corrected chi connectivity index (χ4v) is 2.54. The number of nitrogens with zero attached hydrogens (tertiary/aromatic N) is 2. The van der Waals surface area contributed by atoms with Crippen LogP contribution in [-0.4, -0.2) is 23.0 Å². The van der Waals surface area contributed by atoms with Crippen molar-refractivity contribution in [1.82, 2.24) is 10.1 Å². The minimum absolute atomic E-state index is 0.134. The predicted molar refractivity (Wildman–Crippen MR) is 91.3 cm³/mol. The molecule has 1 amide bonds. The van der Waals surface area contributed by atoms with Gasteiger partial charge in [0.2, 0.25) is 0 Å². The minimum atomic E-state index is -0.134. The van der Waals surface area contributed by atoms with Gasteiger partial charge in [-0.25, -0.2) is 0 Å². The van der Waals surface area contributed by atoms with Crippen molar-refractivity contribution in [2.45, 2.75) is 27.0 Å². The third-order valence-electron chi connectivity index (χ3n) is 3.99. The third-order valence-corrected chi connectivity index (χ3v) is 3.99. The number of aryl methyl sites for hydroxylation is 2. The average Bonchev–Trinajstić information content (AvgIpc) is 3.23. The second-order valence-electron chi connectivity index (χ2n) is 5.83. The Morgan fingerprint density at radius 2 is 2.00 bits per heavy atom. The lowest BCUT2D eigenvalue weighted by Crippen LogP contribution is -2.26. The largest absolute Gasteiger partial charge is 0.488 e. The highest BCUT2D eigenvalue weighted by molar-refractivity contribution is 5.96. The molecule has 3 rings (SSSR count). The van der Waals surface area contributed by atoms with Gasteiger partial charge >= 0.3 is 0 Å². The summed E-state index contributed by atoms with van der Waals surface area (Å²) < 4.78 is 16.3. The molecule has 0 aliphatic heterocycles. The molecule has 0 fully saturated rings. The molecule has 0 atom stereocenters. The zero-order chi connectivity index (χ0) is 17.8. The van der Waals surface area contributed by atoms with Crippen molar-refractivity contribution < 1.29 is 18.5 Å². The Kier molecular flexibility index (Phi) is 4.88. The summed E-state index contributed by atoms with van der Waals surface area (Å²) in [6.07, 6.45) is 1.59. The fourth-order valence-electron chi connectivity index (χ4n) is 2.54. The second kappa shape index (κ2) is 7.25. The van der Waals surface area contributed by atoms with Crippen LogP contribution in [-0.2, 0) is 13.2 Å². The van der Waals surface area contributed by atoms with Crippen LogP contribution in [0.5, 0.6) is 5.75 Å². The maximum atomic E-state index is 12.8. The van der Waals surface area contributed by atoms with Crippen molar-refractivity contribution in [3.63, 3.8) is 0 Å². The number of aromatic nitrogens is 1. The van der Waals surface area contributed by atoms with Gasteiger partial charge in [0.1, 0.15) is 23.9 Å². The van der Waals surface area contributed by atoms with Gasteiger partial charge in [-0.15, -0.1) is 0 Å². The van der Waals surface area contributed by atoms with Gasteiger partial charge in [-0.2, -0.15) is 0 Å². The predicted octanol–water partition coefficient (Wildman–Crippen LogP) is 3.74. The maximum absolute atomic E-state index is 12.8. The number of benzene rings is 1. The van der Waals surface area contributed by atoms with E-state index in [1.807, 2.05) is 32.0 Å². The maximum Gasteiger partial charge on any atom is 0.257 e. The first-order valence-corrected chi connectivity index (χ1v) is 7.97. The van der Waals surface area contributed by atoms with Crippen LogP contribution < -0.4 is 4.74 Å². The number of carbonyl (C=O) groups is 1. The smallest absolute Gasteiger partial charge is 0.257 e. The number of rotatable bonds is 6. The highest BCUT2D eigenvalue weighted by Gasteiger charge is 2.18. The van der Waals surface area contributed by atoms with Gasteiger partial charge in [0.05, 0.1) is 29.6 Å². The standard InChI is InChI=1S/C19H20N2O4/c1-13-17(14(2)25-20-13)12-24-18-9-5-4-8-16(18)19(22)21(3)11-15-7-6-10-23-15/h4-10H,11-12H2,1-3H3. The first kappa shape index (κ1) is 16.8. The lowest BCUT2D eigenvalue weighted by Gasteiger charge is -2.18. The summed E-state index contributed by atoms with van der Waals surface area (Å²) in [6, 6.07) is 10.8. The van der Waals surface area contributed by atoms with Crippen LogP contribution in [0.25, 0.3) is 0 Å². The summed E-state index contributed by atoms with van der Waals surface area (Å²) in [4.78, 5) is 14.4. The number of amides is 1. The van der Waals surface area contributed by atoms with Gasteiger partial charge in [0, 0.05) is 7.05 Å². The molecule has 0 aliphatic carbocycles. The van der Waals surface area contributed by atoms with Gasteiger partial charge in [0.15, 0.2) is 0 Å². The average molecular weight is 340 g/mol. The third kappa shape index (κ3) is 3.74. The summed E-state index contributed by atoms with van der Waals surface area (Å²) >= 11 is 0. The normalized spacial score (nSPS) is 10.7. The molecule has 0 bridgehead atoms. The topological polar surface area (TPSA) is 68.7 Å². The molecule has 2 heterocycles. The molecule has 0 saturated carbocycles. The Morgan fingerprint density at radius 3 is 2.68 bits per heavy atom. The molecule has 6 nitrogen and oxygen atoms in total. The van der Waals surface area contributed by atoms with Crippen molar-refractivity contribution in [2.75, 3.05) is 7.05 Å². The van der Waals surface area contributed by atoms with E-state index in [1.54, 1.807) is 36.4 Å². The Hall–Kier alpha value is -3.02. The summed E-state index contributed by atoms with van der Waals surface area (Å²) in [7, 11) is 1.73. The first-order chi connectivity index (χ1) is 12.1. The molecule has 0 N–H and O–H groups in total. The summed E-state index contributed by atoms with van der Waals surface area (Å²) in [6.45, 7) is 4.40. The molecule has 6 heteroatoms. The van der Waals surface area contributed by atoms with Gasteiger partial charge in [-0.3, -0.25) is 4.79 Å². The Balaban J connectivity index is 1.75. The van der Waals surface area contributed by atoms with Crippen LogP contribution in [0.3, 0.4) is 0 Å². The highest BCUT2D eigenvalue weighted by Crippen LogP contribution is 2.23. The summed E-state index contributed by atoms with van der Waals surface area (Å²) in [5.41, 5.74) is 2.19. The van der Waals surface area contributed by atoms with E-state index in [4.69, 9.17) is 13.7 Å². The Labute approximate surface area is 146 Å². The number of hydrogen-bond acceptors (Lipinski definition) is 5. The highest BCUT2D eigenvalue weighted by atomic mass is 16.5. The van der Waals surface area contributed by atoms with E-state index in [0.717, 1.165) is 22.8 Å². The van der Waals surface area contributed by atoms with Crippen molar-refractivity contribution in [3.05, 3.63) is 71.0 Å². The molecule has 0 aliphatic rings. The molecular weight excluding hydrogens is 320 g/mol. The van der Waals surface area contributed by atoms with E-state index < -0.39 is 0 Å². The van der Waals surface area contributed by atoms with Gasteiger partial charge in [-0.05, 0) is 38.1 Å². The van der Waals surface area contributed by atoms with Crippen LogP contribution in [0.1, 0.15) is 33.1 Å². The van der Waals surface area contributed by atoms with Gasteiger partial charge in [0.25, 0.3) is 5.91 Å². The molecule has 130 valence electrons. The van der Waals surface area contributed by atoms with E-state index in [-0.39, 0.29) is 5.91 Å². The van der Waals surface area contributed by atoms with Crippen LogP contribution in [0.15, 0.2) is 51.6 Å². The van der Waals surface area contributed by atoms with Crippen LogP contribution in [0.2, 0.25) is 0 Å². The molecule has 2 aromatic heterocycles. The first-order valence-electron chi connectivity index (χ1n) is 7.97. The summed E-state index contributed by atoms with van der Waals surface area (Å²) in [5.74, 6) is 1.84. The van der Waals surface area contributed by atoms with E-state index in [9.17, 15) is 4.79 Å². The minimum Gasteiger partial charge on any atom is -0.488 e. The molecule has 25 heavy (non-hydrogen) atoms. The quantitative estimate of drug-likeness (QED) is 0.684. The molecule has 0 unspecified atom stereocenters. The number of ether oxygens (including phenoxy) is 1. The van der Waals surface area contributed by atoms with Crippen molar-refractivity contribution >= 4 is 5.91 Å². The SMILES string of the molecule is Cc1noc(C)c1COc1ccccc1C(=O)N(C)Cc1ccco1. The number of furan rings is 1. The number of carbonyl (C=O) groups excluding carboxylic acids is 1. The zero-order valence-electron chi connectivity index (χ0n) is 14.5. The molecular formula is C19H20N2O4. The Bertz CT molecular complexity index is 833. The number of hydrogen-bond donors (Lipinski definition) is 0. The van der Waals surface area contributed by atoms with Gasteiger partial charge in [-0.1, -0.05) is 17.3 Å². The van der Waals surface area contributed by atoms with E-state index in [0.29, 0.717) is 24.5 Å². The lowest BCUT2D eigenvalue weighted by molar-refractivity contribution is 0.0770. The van der Waals surface area contributed by atoms with Crippen LogP contribution in [0.4, 0.5) is 0 Å². The lowest BCUT2D eigenvalue weighted by atomic mass is 10.1. The monoisotopic (exact) mass is 340 g/mol. The summed E-state index contributed by atoms with van der Waals surface area (Å²) in [5, 5.41) is 3.92. The van der Waals surface area contributed by atoms with Crippen molar-refractivity contribution in [3.8, 4) is 5.75 Å². The fraction of sp³-hybridized carbons (Fsp3) is 0.263. The van der Waals surface area contributed by atoms with E-state index in [2.05, 4.69) is 5.16 Å². The van der Waals surface area contributed by atoms with Crippen molar-refractivity contribution in [1.29, 1.82) is 0 Å². The molecule has 1 aromatic carbocycles. The molecule has 3 aromatic rings. The Morgan fingerprint density at radius 1 is 1.20 bits per heavy atom. The number of para-hydroxylation sites is 1. The van der Waals surface area contributed by atoms with Crippen LogP contribution >= 0.6 is 0 Å². The van der Waals surface area contributed by atoms with Crippen molar-refractivity contribution in [2.24, 2.45) is 0 Å². The van der Waals surface area contributed by atoms with E-state index >= 15 is 0 Å². The van der Waals surface area contributed by atoms with E-state index in [1.165, 1.54) is 0 Å². The van der Waals surface area contributed by atoms with Gasteiger partial charge < -0.3 is 18.6 Å².